The number of aryl methyl sites for hydroxylation is 1. The van der Waals surface area contributed by atoms with Gasteiger partial charge in [-0.2, -0.15) is 5.10 Å². The number of nitrogens with zero attached hydrogens (tertiary/aromatic N) is 3. The van der Waals surface area contributed by atoms with Gasteiger partial charge in [-0.3, -0.25) is 4.79 Å². The molecule has 0 spiro atoms. The maximum absolute atomic E-state index is 12.0. The topological polar surface area (TPSA) is 85.8 Å². The van der Waals surface area contributed by atoms with Crippen LogP contribution in [-0.4, -0.2) is 38.0 Å². The third-order valence-corrected chi connectivity index (χ3v) is 2.81. The molecule has 0 aliphatic carbocycles. The van der Waals surface area contributed by atoms with E-state index in [-0.39, 0.29) is 18.5 Å². The van der Waals surface area contributed by atoms with Gasteiger partial charge in [-0.15, -0.1) is 0 Å². The Labute approximate surface area is 109 Å². The van der Waals surface area contributed by atoms with Crippen LogP contribution in [0.2, 0.25) is 0 Å². The van der Waals surface area contributed by atoms with Crippen molar-refractivity contribution in [3.63, 3.8) is 0 Å². The van der Waals surface area contributed by atoms with Crippen molar-refractivity contribution in [2.75, 3.05) is 6.61 Å². The molecule has 2 aromatic rings. The summed E-state index contributed by atoms with van der Waals surface area (Å²) in [5.74, 6) is -1.01. The van der Waals surface area contributed by atoms with E-state index in [1.54, 1.807) is 31.6 Å². The number of aromatic nitrogens is 3. The first kappa shape index (κ1) is 13.3. The Morgan fingerprint density at radius 2 is 2.32 bits per heavy atom. The Hall–Kier alpha value is -2.15. The average molecular weight is 265 g/mol. The van der Waals surface area contributed by atoms with Gasteiger partial charge in [0.25, 0.3) is 5.56 Å². The summed E-state index contributed by atoms with van der Waals surface area (Å²) in [5.41, 5.74) is 0.270. The van der Waals surface area contributed by atoms with Crippen LogP contribution in [0.1, 0.15) is 13.3 Å². The van der Waals surface area contributed by atoms with E-state index < -0.39 is 12.1 Å². The van der Waals surface area contributed by atoms with Crippen molar-refractivity contribution in [3.05, 3.63) is 35.0 Å². The molecule has 2 rings (SSSR count). The molecule has 19 heavy (non-hydrogen) atoms. The molecule has 1 N–H and O–H groups in total. The number of carboxylic acids is 1. The molecule has 1 unspecified atom stereocenters. The number of hydrogen-bond acceptors (Lipinski definition) is 4. The number of ether oxygens (including phenoxy) is 1. The number of rotatable bonds is 6. The minimum absolute atomic E-state index is 0.194. The molecule has 0 aliphatic rings. The molecule has 0 aliphatic heterocycles. The lowest BCUT2D eigenvalue weighted by Crippen LogP contribution is -2.28. The van der Waals surface area contributed by atoms with E-state index in [0.29, 0.717) is 12.1 Å². The summed E-state index contributed by atoms with van der Waals surface area (Å²) >= 11 is 0. The van der Waals surface area contributed by atoms with Gasteiger partial charge in [-0.05, 0) is 13.0 Å². The predicted molar refractivity (Wildman–Crippen MR) is 67.1 cm³/mol. The number of aliphatic carboxylic acids is 1. The molecule has 0 saturated heterocycles. The van der Waals surface area contributed by atoms with Gasteiger partial charge in [0.05, 0.1) is 6.20 Å². The summed E-state index contributed by atoms with van der Waals surface area (Å²) in [6, 6.07) is 1.62. The lowest BCUT2D eigenvalue weighted by Gasteiger charge is -2.13. The average Bonchev–Trinajstić information content (AvgIpc) is 2.85. The zero-order chi connectivity index (χ0) is 13.8. The fraction of sp³-hybridized carbons (Fsp3) is 0.417. The van der Waals surface area contributed by atoms with Crippen LogP contribution >= 0.6 is 0 Å². The highest BCUT2D eigenvalue weighted by Gasteiger charge is 2.17. The van der Waals surface area contributed by atoms with E-state index >= 15 is 0 Å². The van der Waals surface area contributed by atoms with Crippen LogP contribution in [0.3, 0.4) is 0 Å². The minimum atomic E-state index is -1.01. The Balaban J connectivity index is 2.15. The van der Waals surface area contributed by atoms with Gasteiger partial charge in [0, 0.05) is 32.0 Å². The largest absolute Gasteiger partial charge is 0.479 e. The summed E-state index contributed by atoms with van der Waals surface area (Å²) < 4.78 is 8.05. The molecular weight excluding hydrogens is 250 g/mol. The molecule has 0 amide bonds. The van der Waals surface area contributed by atoms with E-state index in [0.717, 1.165) is 0 Å². The SMILES string of the molecule is CCOC(CCn1ccn2nccc2c1=O)C(=O)O. The Kier molecular flexibility index (Phi) is 3.96. The quantitative estimate of drug-likeness (QED) is 0.815. The number of fused-ring (bicyclic) bond motifs is 1. The Morgan fingerprint density at radius 1 is 1.53 bits per heavy atom. The van der Waals surface area contributed by atoms with E-state index in [4.69, 9.17) is 9.84 Å². The summed E-state index contributed by atoms with van der Waals surface area (Å²) in [6.07, 6.45) is 4.15. The maximum atomic E-state index is 12.0. The summed E-state index contributed by atoms with van der Waals surface area (Å²) in [6.45, 7) is 2.35. The zero-order valence-electron chi connectivity index (χ0n) is 10.5. The van der Waals surface area contributed by atoms with Crippen molar-refractivity contribution in [3.8, 4) is 0 Å². The molecule has 0 fully saturated rings. The molecule has 102 valence electrons. The van der Waals surface area contributed by atoms with Crippen LogP contribution in [0, 0.1) is 0 Å². The van der Waals surface area contributed by atoms with E-state index in [1.165, 1.54) is 9.08 Å². The van der Waals surface area contributed by atoms with Crippen LogP contribution in [-0.2, 0) is 16.1 Å². The van der Waals surface area contributed by atoms with E-state index in [1.807, 2.05) is 0 Å². The minimum Gasteiger partial charge on any atom is -0.479 e. The fourth-order valence-corrected chi connectivity index (χ4v) is 1.87. The van der Waals surface area contributed by atoms with Crippen LogP contribution in [0.5, 0.6) is 0 Å². The van der Waals surface area contributed by atoms with Crippen LogP contribution in [0.15, 0.2) is 29.5 Å². The summed E-state index contributed by atoms with van der Waals surface area (Å²) in [7, 11) is 0. The smallest absolute Gasteiger partial charge is 0.332 e. The highest BCUT2D eigenvalue weighted by atomic mass is 16.5. The first-order valence-electron chi connectivity index (χ1n) is 6.00. The lowest BCUT2D eigenvalue weighted by molar-refractivity contribution is -0.150. The molecule has 2 aromatic heterocycles. The monoisotopic (exact) mass is 265 g/mol. The molecule has 7 heteroatoms. The molecule has 0 aromatic carbocycles. The van der Waals surface area contributed by atoms with E-state index in [9.17, 15) is 9.59 Å². The number of carboxylic acid groups (broad SMARTS) is 1. The van der Waals surface area contributed by atoms with Gasteiger partial charge in [0.15, 0.2) is 6.10 Å². The van der Waals surface area contributed by atoms with Gasteiger partial charge in [-0.1, -0.05) is 0 Å². The maximum Gasteiger partial charge on any atom is 0.332 e. The molecule has 0 bridgehead atoms. The predicted octanol–water partition coefficient (Wildman–Crippen LogP) is 0.376. The van der Waals surface area contributed by atoms with Crippen molar-refractivity contribution in [2.24, 2.45) is 0 Å². The lowest BCUT2D eigenvalue weighted by atomic mass is 10.2. The molecule has 0 radical (unpaired) electrons. The van der Waals surface area contributed by atoms with Gasteiger partial charge >= 0.3 is 5.97 Å². The first-order chi connectivity index (χ1) is 9.13. The second kappa shape index (κ2) is 5.66. The fourth-order valence-electron chi connectivity index (χ4n) is 1.87. The molecule has 0 saturated carbocycles. The summed E-state index contributed by atoms with van der Waals surface area (Å²) in [5, 5.41) is 12.9. The normalized spacial score (nSPS) is 12.7. The third-order valence-electron chi connectivity index (χ3n) is 2.81. The Bertz CT molecular complexity index is 631. The van der Waals surface area contributed by atoms with Crippen LogP contribution in [0.25, 0.3) is 5.52 Å². The van der Waals surface area contributed by atoms with Crippen LogP contribution < -0.4 is 5.56 Å². The zero-order valence-corrected chi connectivity index (χ0v) is 10.5. The molecule has 7 nitrogen and oxygen atoms in total. The van der Waals surface area contributed by atoms with Crippen molar-refractivity contribution in [1.29, 1.82) is 0 Å². The van der Waals surface area contributed by atoms with Gasteiger partial charge in [-0.25, -0.2) is 9.31 Å². The van der Waals surface area contributed by atoms with Gasteiger partial charge in [0.1, 0.15) is 5.52 Å². The summed E-state index contributed by atoms with van der Waals surface area (Å²) in [4.78, 5) is 23.0. The standard InChI is InChI=1S/C12H15N3O4/c1-2-19-10(12(17)18)4-6-14-7-8-15-9(11(14)16)3-5-13-15/h3,5,7-8,10H,2,4,6H2,1H3,(H,17,18). The highest BCUT2D eigenvalue weighted by molar-refractivity contribution is 5.72. The molecular formula is C12H15N3O4. The van der Waals surface area contributed by atoms with Crippen molar-refractivity contribution in [2.45, 2.75) is 26.0 Å². The number of carbonyl (C=O) groups is 1. The van der Waals surface area contributed by atoms with Crippen molar-refractivity contribution < 1.29 is 14.6 Å². The van der Waals surface area contributed by atoms with Crippen LogP contribution in [0.4, 0.5) is 0 Å². The second-order valence-corrected chi connectivity index (χ2v) is 4.03. The highest BCUT2D eigenvalue weighted by Crippen LogP contribution is 2.02. The van der Waals surface area contributed by atoms with Gasteiger partial charge in [0.2, 0.25) is 0 Å². The molecule has 1 atom stereocenters. The third kappa shape index (κ3) is 2.82. The van der Waals surface area contributed by atoms with Gasteiger partial charge < -0.3 is 14.4 Å². The van der Waals surface area contributed by atoms with E-state index in [2.05, 4.69) is 5.10 Å². The second-order valence-electron chi connectivity index (χ2n) is 4.03. The molecule has 2 heterocycles. The first-order valence-corrected chi connectivity index (χ1v) is 6.00. The van der Waals surface area contributed by atoms with Crippen molar-refractivity contribution >= 4 is 11.5 Å². The number of hydrogen-bond donors (Lipinski definition) is 1. The van der Waals surface area contributed by atoms with Crippen molar-refractivity contribution in [1.82, 2.24) is 14.2 Å². The Morgan fingerprint density at radius 3 is 3.00 bits per heavy atom.